The van der Waals surface area contributed by atoms with Gasteiger partial charge < -0.3 is 15.4 Å². The van der Waals surface area contributed by atoms with E-state index in [-0.39, 0.29) is 18.5 Å². The Balaban J connectivity index is 2.58. The fourth-order valence-corrected chi connectivity index (χ4v) is 1.54. The molecule has 0 fully saturated rings. The Morgan fingerprint density at radius 1 is 1.37 bits per heavy atom. The van der Waals surface area contributed by atoms with Crippen LogP contribution in [-0.4, -0.2) is 25.6 Å². The Bertz CT molecular complexity index is 448. The fourth-order valence-electron chi connectivity index (χ4n) is 1.54. The summed E-state index contributed by atoms with van der Waals surface area (Å²) in [4.78, 5) is 11.6. The van der Waals surface area contributed by atoms with Crippen LogP contribution in [0.5, 0.6) is 5.75 Å². The van der Waals surface area contributed by atoms with Crippen molar-refractivity contribution >= 4 is 5.91 Å². The predicted molar refractivity (Wildman–Crippen MR) is 75.8 cm³/mol. The van der Waals surface area contributed by atoms with Gasteiger partial charge in [0.1, 0.15) is 5.75 Å². The first-order chi connectivity index (χ1) is 9.08. The quantitative estimate of drug-likeness (QED) is 0.762. The van der Waals surface area contributed by atoms with Gasteiger partial charge >= 0.3 is 0 Å². The van der Waals surface area contributed by atoms with Crippen LogP contribution in [0.4, 0.5) is 0 Å². The molecule has 1 amide bonds. The molecule has 0 heterocycles. The maximum atomic E-state index is 11.6. The highest BCUT2D eigenvalue weighted by molar-refractivity contribution is 5.80. The van der Waals surface area contributed by atoms with E-state index >= 15 is 0 Å². The van der Waals surface area contributed by atoms with Crippen molar-refractivity contribution in [3.05, 3.63) is 29.8 Å². The van der Waals surface area contributed by atoms with Crippen molar-refractivity contribution in [1.29, 1.82) is 0 Å². The van der Waals surface area contributed by atoms with Crippen LogP contribution in [0, 0.1) is 12.3 Å². The van der Waals surface area contributed by atoms with E-state index in [9.17, 15) is 4.79 Å². The topological polar surface area (TPSA) is 50.4 Å². The molecule has 2 unspecified atom stereocenters. The molecule has 0 spiro atoms. The number of benzene rings is 1. The molecule has 2 N–H and O–H groups in total. The summed E-state index contributed by atoms with van der Waals surface area (Å²) in [5, 5.41) is 5.74. The first-order valence-electron chi connectivity index (χ1n) is 6.23. The number of ether oxygens (including phenoxy) is 1. The van der Waals surface area contributed by atoms with Gasteiger partial charge in [-0.3, -0.25) is 4.79 Å². The van der Waals surface area contributed by atoms with Crippen LogP contribution < -0.4 is 15.4 Å². The SMILES string of the molecule is C#CCNC(=O)C(C)Oc1ccc(C(C)NC)cc1. The summed E-state index contributed by atoms with van der Waals surface area (Å²) in [6.07, 6.45) is 4.51. The van der Waals surface area contributed by atoms with Gasteiger partial charge in [0, 0.05) is 6.04 Å². The molecule has 1 aromatic carbocycles. The van der Waals surface area contributed by atoms with Crippen LogP contribution in [0.15, 0.2) is 24.3 Å². The summed E-state index contributed by atoms with van der Waals surface area (Å²) in [7, 11) is 1.91. The van der Waals surface area contributed by atoms with Crippen LogP contribution in [0.2, 0.25) is 0 Å². The van der Waals surface area contributed by atoms with Gasteiger partial charge in [-0.25, -0.2) is 0 Å². The van der Waals surface area contributed by atoms with Crippen LogP contribution in [0.25, 0.3) is 0 Å². The predicted octanol–water partition coefficient (Wildman–Crippen LogP) is 1.48. The van der Waals surface area contributed by atoms with Gasteiger partial charge in [-0.2, -0.15) is 0 Å². The van der Waals surface area contributed by atoms with Crippen LogP contribution >= 0.6 is 0 Å². The molecular formula is C15H20N2O2. The van der Waals surface area contributed by atoms with Gasteiger partial charge in [0.05, 0.1) is 6.54 Å². The van der Waals surface area contributed by atoms with E-state index in [0.29, 0.717) is 5.75 Å². The van der Waals surface area contributed by atoms with E-state index in [2.05, 4.69) is 23.5 Å². The van der Waals surface area contributed by atoms with Crippen molar-refractivity contribution in [2.24, 2.45) is 0 Å². The van der Waals surface area contributed by atoms with Crippen molar-refractivity contribution in [1.82, 2.24) is 10.6 Å². The largest absolute Gasteiger partial charge is 0.481 e. The lowest BCUT2D eigenvalue weighted by Crippen LogP contribution is -2.36. The Hall–Kier alpha value is -1.99. The molecule has 2 atom stereocenters. The van der Waals surface area contributed by atoms with E-state index in [1.54, 1.807) is 6.92 Å². The third kappa shape index (κ3) is 4.65. The van der Waals surface area contributed by atoms with Crippen molar-refractivity contribution in [2.45, 2.75) is 26.0 Å². The Labute approximate surface area is 114 Å². The molecule has 1 rings (SSSR count). The summed E-state index contributed by atoms with van der Waals surface area (Å²) in [6.45, 7) is 3.98. The first kappa shape index (κ1) is 15.1. The van der Waals surface area contributed by atoms with Gasteiger partial charge in [0.2, 0.25) is 0 Å². The van der Waals surface area contributed by atoms with Gasteiger partial charge in [-0.05, 0) is 38.6 Å². The van der Waals surface area contributed by atoms with E-state index in [1.165, 1.54) is 5.56 Å². The van der Waals surface area contributed by atoms with Gasteiger partial charge in [-0.15, -0.1) is 6.42 Å². The monoisotopic (exact) mass is 260 g/mol. The molecule has 0 aliphatic heterocycles. The van der Waals surface area contributed by atoms with E-state index in [4.69, 9.17) is 11.2 Å². The number of hydrogen-bond acceptors (Lipinski definition) is 3. The molecule has 0 radical (unpaired) electrons. The molecule has 0 bridgehead atoms. The van der Waals surface area contributed by atoms with E-state index in [1.807, 2.05) is 31.3 Å². The van der Waals surface area contributed by atoms with Gasteiger partial charge in [0.25, 0.3) is 5.91 Å². The molecule has 19 heavy (non-hydrogen) atoms. The lowest BCUT2D eigenvalue weighted by Gasteiger charge is -2.15. The van der Waals surface area contributed by atoms with Crippen molar-refractivity contribution in [3.63, 3.8) is 0 Å². The average Bonchev–Trinajstić information content (AvgIpc) is 2.44. The molecule has 0 aliphatic rings. The molecule has 0 aromatic heterocycles. The van der Waals surface area contributed by atoms with Gasteiger partial charge in [-0.1, -0.05) is 18.1 Å². The smallest absolute Gasteiger partial charge is 0.261 e. The zero-order chi connectivity index (χ0) is 14.3. The summed E-state index contributed by atoms with van der Waals surface area (Å²) in [5.74, 6) is 2.79. The maximum Gasteiger partial charge on any atom is 0.261 e. The number of rotatable bonds is 6. The number of nitrogens with one attached hydrogen (secondary N) is 2. The van der Waals surface area contributed by atoms with E-state index in [0.717, 1.165) is 0 Å². The van der Waals surface area contributed by atoms with Crippen LogP contribution in [0.1, 0.15) is 25.5 Å². The van der Waals surface area contributed by atoms with Gasteiger partial charge in [0.15, 0.2) is 6.10 Å². The minimum Gasteiger partial charge on any atom is -0.481 e. The normalized spacial score (nSPS) is 13.2. The zero-order valence-electron chi connectivity index (χ0n) is 11.6. The average molecular weight is 260 g/mol. The highest BCUT2D eigenvalue weighted by Gasteiger charge is 2.13. The lowest BCUT2D eigenvalue weighted by atomic mass is 10.1. The van der Waals surface area contributed by atoms with Crippen LogP contribution in [0.3, 0.4) is 0 Å². The first-order valence-corrected chi connectivity index (χ1v) is 6.23. The van der Waals surface area contributed by atoms with Crippen LogP contribution in [-0.2, 0) is 4.79 Å². The second kappa shape index (κ2) is 7.45. The Kier molecular flexibility index (Phi) is 5.91. The zero-order valence-corrected chi connectivity index (χ0v) is 11.6. The summed E-state index contributed by atoms with van der Waals surface area (Å²) >= 11 is 0. The summed E-state index contributed by atoms with van der Waals surface area (Å²) in [6, 6.07) is 7.94. The molecular weight excluding hydrogens is 240 g/mol. The lowest BCUT2D eigenvalue weighted by molar-refractivity contribution is -0.126. The highest BCUT2D eigenvalue weighted by atomic mass is 16.5. The molecule has 4 nitrogen and oxygen atoms in total. The van der Waals surface area contributed by atoms with Crippen molar-refractivity contribution in [2.75, 3.05) is 13.6 Å². The highest BCUT2D eigenvalue weighted by Crippen LogP contribution is 2.18. The number of amides is 1. The molecule has 102 valence electrons. The molecule has 0 aliphatic carbocycles. The Morgan fingerprint density at radius 3 is 2.53 bits per heavy atom. The number of carbonyl (C=O) groups is 1. The Morgan fingerprint density at radius 2 is 2.00 bits per heavy atom. The molecule has 0 saturated heterocycles. The number of carbonyl (C=O) groups excluding carboxylic acids is 1. The van der Waals surface area contributed by atoms with Crippen molar-refractivity contribution < 1.29 is 9.53 Å². The second-order valence-corrected chi connectivity index (χ2v) is 4.26. The summed E-state index contributed by atoms with van der Waals surface area (Å²) in [5.41, 5.74) is 1.17. The second-order valence-electron chi connectivity index (χ2n) is 4.26. The summed E-state index contributed by atoms with van der Waals surface area (Å²) < 4.78 is 5.54. The van der Waals surface area contributed by atoms with E-state index < -0.39 is 6.10 Å². The fraction of sp³-hybridized carbons (Fsp3) is 0.400. The minimum atomic E-state index is -0.569. The number of terminal acetylenes is 1. The third-order valence-corrected chi connectivity index (χ3v) is 2.86. The van der Waals surface area contributed by atoms with Crippen molar-refractivity contribution in [3.8, 4) is 18.1 Å². The third-order valence-electron chi connectivity index (χ3n) is 2.86. The molecule has 4 heteroatoms. The molecule has 0 saturated carbocycles. The maximum absolute atomic E-state index is 11.6. The minimum absolute atomic E-state index is 0.213. The standard InChI is InChI=1S/C15H20N2O2/c1-5-10-17-15(18)12(3)19-14-8-6-13(7-9-14)11(2)16-4/h1,6-9,11-12,16H,10H2,2-4H3,(H,17,18). The molecule has 1 aromatic rings. The number of hydrogen-bond donors (Lipinski definition) is 2.